The Hall–Kier alpha value is -2.80. The predicted octanol–water partition coefficient (Wildman–Crippen LogP) is 3.90. The molecule has 1 N–H and O–H groups in total. The molecule has 3 aromatic rings. The molecule has 1 fully saturated rings. The van der Waals surface area contributed by atoms with Crippen LogP contribution < -0.4 is 5.56 Å². The van der Waals surface area contributed by atoms with Crippen molar-refractivity contribution in [3.63, 3.8) is 0 Å². The fraction of sp³-hybridized carbons (Fsp3) is 0.286. The first-order chi connectivity index (χ1) is 13.4. The number of aryl methyl sites for hydroxylation is 2. The van der Waals surface area contributed by atoms with Crippen LogP contribution in [0.3, 0.4) is 0 Å². The number of rotatable bonds is 3. The first-order valence-corrected chi connectivity index (χ1v) is 10.0. The van der Waals surface area contributed by atoms with Gasteiger partial charge in [0.1, 0.15) is 16.5 Å². The number of fused-ring (bicyclic) bond motifs is 1. The average molecular weight is 397 g/mol. The summed E-state index contributed by atoms with van der Waals surface area (Å²) in [7, 11) is 0. The molecule has 0 atom stereocenters. The molecule has 0 spiro atoms. The van der Waals surface area contributed by atoms with E-state index in [1.165, 1.54) is 23.5 Å². The number of thiophene rings is 1. The Morgan fingerprint density at radius 3 is 2.75 bits per heavy atom. The summed E-state index contributed by atoms with van der Waals surface area (Å²) in [6.45, 7) is 5.18. The third-order valence-electron chi connectivity index (χ3n) is 5.08. The van der Waals surface area contributed by atoms with Gasteiger partial charge in [-0.2, -0.15) is 0 Å². The number of amides is 1. The van der Waals surface area contributed by atoms with Crippen LogP contribution in [0.15, 0.2) is 29.1 Å². The lowest BCUT2D eigenvalue weighted by Gasteiger charge is -2.17. The third kappa shape index (κ3) is 3.38. The quantitative estimate of drug-likeness (QED) is 0.682. The second-order valence-electron chi connectivity index (χ2n) is 6.99. The van der Waals surface area contributed by atoms with Crippen molar-refractivity contribution in [1.82, 2.24) is 14.9 Å². The van der Waals surface area contributed by atoms with Crippen molar-refractivity contribution in [3.8, 4) is 0 Å². The van der Waals surface area contributed by atoms with E-state index in [1.807, 2.05) is 13.8 Å². The molecule has 3 heterocycles. The number of halogens is 1. The van der Waals surface area contributed by atoms with Gasteiger partial charge < -0.3 is 9.88 Å². The van der Waals surface area contributed by atoms with Crippen LogP contribution in [0.1, 0.15) is 34.7 Å². The van der Waals surface area contributed by atoms with Crippen molar-refractivity contribution in [2.75, 3.05) is 13.1 Å². The summed E-state index contributed by atoms with van der Waals surface area (Å²) < 4.78 is 13.6. The number of likely N-dealkylation sites (tertiary alicyclic amines) is 1. The molecule has 0 radical (unpaired) electrons. The number of nitrogens with one attached hydrogen (secondary N) is 1. The van der Waals surface area contributed by atoms with Gasteiger partial charge in [-0.05, 0) is 56.0 Å². The van der Waals surface area contributed by atoms with Crippen LogP contribution in [0.25, 0.3) is 21.9 Å². The monoisotopic (exact) mass is 397 g/mol. The molecule has 1 aliphatic rings. The fourth-order valence-corrected chi connectivity index (χ4v) is 4.50. The third-order valence-corrected chi connectivity index (χ3v) is 6.18. The van der Waals surface area contributed by atoms with Gasteiger partial charge in [-0.25, -0.2) is 9.37 Å². The summed E-state index contributed by atoms with van der Waals surface area (Å²) >= 11 is 1.43. The molecule has 1 aromatic carbocycles. The lowest BCUT2D eigenvalue weighted by atomic mass is 10.1. The van der Waals surface area contributed by atoms with Crippen LogP contribution in [0.5, 0.6) is 0 Å². The molecule has 1 saturated heterocycles. The Morgan fingerprint density at radius 2 is 2.04 bits per heavy atom. The molecule has 144 valence electrons. The number of nitrogens with zero attached hydrogens (tertiary/aromatic N) is 2. The highest BCUT2D eigenvalue weighted by molar-refractivity contribution is 7.18. The van der Waals surface area contributed by atoms with Crippen molar-refractivity contribution in [2.45, 2.75) is 26.7 Å². The first kappa shape index (κ1) is 18.6. The Morgan fingerprint density at radius 1 is 1.29 bits per heavy atom. The van der Waals surface area contributed by atoms with Gasteiger partial charge in [0.05, 0.1) is 11.0 Å². The minimum atomic E-state index is -0.386. The van der Waals surface area contributed by atoms with Gasteiger partial charge in [0, 0.05) is 18.0 Å². The molecule has 7 heteroatoms. The van der Waals surface area contributed by atoms with Gasteiger partial charge in [0.15, 0.2) is 0 Å². The van der Waals surface area contributed by atoms with Crippen molar-refractivity contribution in [2.24, 2.45) is 0 Å². The van der Waals surface area contributed by atoms with Crippen molar-refractivity contribution in [1.29, 1.82) is 0 Å². The van der Waals surface area contributed by atoms with E-state index in [4.69, 9.17) is 0 Å². The molecule has 0 bridgehead atoms. The highest BCUT2D eigenvalue weighted by atomic mass is 32.1. The zero-order chi connectivity index (χ0) is 19.8. The molecule has 5 nitrogen and oxygen atoms in total. The van der Waals surface area contributed by atoms with Gasteiger partial charge in [-0.15, -0.1) is 11.3 Å². The van der Waals surface area contributed by atoms with Gasteiger partial charge in [-0.3, -0.25) is 9.59 Å². The number of hydrogen-bond acceptors (Lipinski definition) is 4. The number of carbonyl (C=O) groups is 1. The van der Waals surface area contributed by atoms with Crippen LogP contribution in [-0.4, -0.2) is 33.9 Å². The van der Waals surface area contributed by atoms with Gasteiger partial charge in [0.2, 0.25) is 0 Å². The minimum Gasteiger partial charge on any atom is -0.339 e. The summed E-state index contributed by atoms with van der Waals surface area (Å²) in [5, 5.41) is 0.560. The van der Waals surface area contributed by atoms with Crippen LogP contribution in [-0.2, 0) is 4.79 Å². The smallest absolute Gasteiger partial charge is 0.260 e. The van der Waals surface area contributed by atoms with E-state index in [0.29, 0.717) is 28.9 Å². The van der Waals surface area contributed by atoms with E-state index >= 15 is 0 Å². The van der Waals surface area contributed by atoms with Crippen LogP contribution in [0.2, 0.25) is 0 Å². The van der Waals surface area contributed by atoms with E-state index in [0.717, 1.165) is 23.3 Å². The summed E-state index contributed by atoms with van der Waals surface area (Å²) in [5.41, 5.74) is 1.46. The molecule has 0 unspecified atom stereocenters. The number of carbonyl (C=O) groups excluding carboxylic acids is 1. The Kier molecular flexibility index (Phi) is 4.85. The molecular formula is C21H20FN3O2S. The van der Waals surface area contributed by atoms with Crippen molar-refractivity contribution < 1.29 is 9.18 Å². The fourth-order valence-electron chi connectivity index (χ4n) is 3.47. The van der Waals surface area contributed by atoms with E-state index in [1.54, 1.807) is 23.1 Å². The van der Waals surface area contributed by atoms with Gasteiger partial charge >= 0.3 is 0 Å². The lowest BCUT2D eigenvalue weighted by Crippen LogP contribution is -2.29. The summed E-state index contributed by atoms with van der Waals surface area (Å²) in [5.74, 6) is -0.364. The largest absolute Gasteiger partial charge is 0.339 e. The van der Waals surface area contributed by atoms with Crippen LogP contribution >= 0.6 is 11.3 Å². The van der Waals surface area contributed by atoms with E-state index < -0.39 is 0 Å². The van der Waals surface area contributed by atoms with Crippen molar-refractivity contribution in [3.05, 3.63) is 62.3 Å². The minimum absolute atomic E-state index is 0.200. The standard InChI is InChI=1S/C21H20FN3O2S/c1-12-13(2)28-20-17(12)19(26)23-18(24-20)16(21(27)25-8-3-4-9-25)11-14-6-5-7-15(22)10-14/h5-7,10-11H,3-4,8-9H2,1-2H3,(H,23,24,26)/b16-11+. The van der Waals surface area contributed by atoms with Crippen molar-refractivity contribution >= 4 is 39.1 Å². The number of H-pyrrole nitrogens is 1. The normalized spacial score (nSPS) is 14.8. The number of aromatic nitrogens is 2. The summed E-state index contributed by atoms with van der Waals surface area (Å²) in [4.78, 5) is 36.6. The lowest BCUT2D eigenvalue weighted by molar-refractivity contribution is -0.123. The summed E-state index contributed by atoms with van der Waals surface area (Å²) in [6, 6.07) is 6.01. The van der Waals surface area contributed by atoms with E-state index in [9.17, 15) is 14.0 Å². The Bertz CT molecular complexity index is 1160. The van der Waals surface area contributed by atoms with E-state index in [2.05, 4.69) is 9.97 Å². The maximum atomic E-state index is 13.6. The maximum Gasteiger partial charge on any atom is 0.260 e. The first-order valence-electron chi connectivity index (χ1n) is 9.21. The van der Waals surface area contributed by atoms with Crippen LogP contribution in [0.4, 0.5) is 4.39 Å². The Labute approximate surface area is 165 Å². The second kappa shape index (κ2) is 7.31. The molecule has 1 aliphatic heterocycles. The van der Waals surface area contributed by atoms with Gasteiger partial charge in [-0.1, -0.05) is 12.1 Å². The van der Waals surface area contributed by atoms with Crippen LogP contribution in [0, 0.1) is 19.7 Å². The zero-order valence-corrected chi connectivity index (χ0v) is 16.5. The maximum absolute atomic E-state index is 13.6. The SMILES string of the molecule is Cc1sc2nc(/C(=C\c3cccc(F)c3)C(=O)N3CCCC3)[nH]c(=O)c2c1C. The second-order valence-corrected chi connectivity index (χ2v) is 8.19. The average Bonchev–Trinajstić information content (AvgIpc) is 3.28. The number of hydrogen-bond donors (Lipinski definition) is 1. The zero-order valence-electron chi connectivity index (χ0n) is 15.7. The Balaban J connectivity index is 1.89. The van der Waals surface area contributed by atoms with E-state index in [-0.39, 0.29) is 28.7 Å². The number of benzene rings is 1. The highest BCUT2D eigenvalue weighted by Crippen LogP contribution is 2.28. The highest BCUT2D eigenvalue weighted by Gasteiger charge is 2.25. The predicted molar refractivity (Wildman–Crippen MR) is 110 cm³/mol. The molecule has 2 aromatic heterocycles. The van der Waals surface area contributed by atoms with Gasteiger partial charge in [0.25, 0.3) is 11.5 Å². The molecule has 1 amide bonds. The molecule has 0 aliphatic carbocycles. The number of aromatic amines is 1. The molecule has 4 rings (SSSR count). The molecule has 28 heavy (non-hydrogen) atoms. The topological polar surface area (TPSA) is 66.1 Å². The molecular weight excluding hydrogens is 377 g/mol. The molecule has 0 saturated carbocycles. The summed E-state index contributed by atoms with van der Waals surface area (Å²) in [6.07, 6.45) is 3.50.